The Bertz CT molecular complexity index is 436. The fourth-order valence-corrected chi connectivity index (χ4v) is 3.06. The number of unbranched alkanes of at least 4 members (excludes halogenated alkanes) is 3. The Balaban J connectivity index is 4.06. The minimum Gasteiger partial charge on any atom is -0.481 e. The van der Waals surface area contributed by atoms with E-state index < -0.39 is 11.9 Å². The molecule has 28 heavy (non-hydrogen) atoms. The molecule has 0 aliphatic rings. The van der Waals surface area contributed by atoms with E-state index in [4.69, 9.17) is 14.2 Å². The minimum atomic E-state index is -0.789. The van der Waals surface area contributed by atoms with Crippen LogP contribution in [-0.2, 0) is 28.6 Å². The van der Waals surface area contributed by atoms with Crippen molar-refractivity contribution < 1.29 is 33.7 Å². The van der Waals surface area contributed by atoms with Gasteiger partial charge in [0.2, 0.25) is 0 Å². The highest BCUT2D eigenvalue weighted by Gasteiger charge is 2.19. The van der Waals surface area contributed by atoms with Gasteiger partial charge in [-0.2, -0.15) is 0 Å². The summed E-state index contributed by atoms with van der Waals surface area (Å²) in [5, 5.41) is 9.41. The molecule has 0 radical (unpaired) electrons. The number of hydrogen-bond acceptors (Lipinski definition) is 6. The van der Waals surface area contributed by atoms with Gasteiger partial charge in [-0.1, -0.05) is 26.2 Å². The lowest BCUT2D eigenvalue weighted by Crippen LogP contribution is -2.18. The van der Waals surface area contributed by atoms with Crippen LogP contribution < -0.4 is 0 Å². The van der Waals surface area contributed by atoms with E-state index in [1.807, 2.05) is 0 Å². The fraction of sp³-hybridized carbons (Fsp3) is 0.857. The van der Waals surface area contributed by atoms with Crippen molar-refractivity contribution in [3.8, 4) is 0 Å². The molecular weight excluding hydrogens is 364 g/mol. The highest BCUT2D eigenvalue weighted by Crippen LogP contribution is 2.20. The molecule has 0 heterocycles. The first-order chi connectivity index (χ1) is 13.4. The second-order valence-corrected chi connectivity index (χ2v) is 7.05. The van der Waals surface area contributed by atoms with Gasteiger partial charge in [0.05, 0.1) is 12.5 Å². The molecule has 0 rings (SSSR count). The third kappa shape index (κ3) is 15.4. The smallest absolute Gasteiger partial charge is 0.332 e. The first-order valence-corrected chi connectivity index (χ1v) is 10.5. The van der Waals surface area contributed by atoms with Crippen molar-refractivity contribution >= 4 is 17.9 Å². The molecule has 0 saturated heterocycles. The van der Waals surface area contributed by atoms with E-state index >= 15 is 0 Å². The summed E-state index contributed by atoms with van der Waals surface area (Å²) in [6.45, 7) is 5.96. The van der Waals surface area contributed by atoms with E-state index in [1.165, 1.54) is 6.92 Å². The van der Waals surface area contributed by atoms with Crippen molar-refractivity contribution in [2.24, 2.45) is 5.92 Å². The molecule has 0 bridgehead atoms. The molecule has 0 saturated carbocycles. The van der Waals surface area contributed by atoms with Gasteiger partial charge >= 0.3 is 17.9 Å². The molecule has 164 valence electrons. The number of carbonyl (C=O) groups excluding carboxylic acids is 2. The van der Waals surface area contributed by atoms with E-state index in [2.05, 4.69) is 6.92 Å². The maximum atomic E-state index is 11.5. The number of esters is 2. The monoisotopic (exact) mass is 402 g/mol. The van der Waals surface area contributed by atoms with E-state index in [-0.39, 0.29) is 24.6 Å². The predicted molar refractivity (Wildman–Crippen MR) is 106 cm³/mol. The number of carboxylic acids is 1. The molecule has 0 aromatic heterocycles. The number of ether oxygens (including phenoxy) is 3. The lowest BCUT2D eigenvalue weighted by molar-refractivity contribution is -0.149. The van der Waals surface area contributed by atoms with Crippen molar-refractivity contribution in [2.45, 2.75) is 91.1 Å². The number of carboxylic acid groups (broad SMARTS) is 1. The molecule has 0 amide bonds. The quantitative estimate of drug-likeness (QED) is 0.272. The van der Waals surface area contributed by atoms with Crippen molar-refractivity contribution in [3.05, 3.63) is 0 Å². The minimum absolute atomic E-state index is 0.0637. The summed E-state index contributed by atoms with van der Waals surface area (Å²) in [6.07, 6.45) is 7.96. The SMILES string of the molecule is CCCCCC(CCCC(CCCCOCC(=O)OCC)C(=O)O)OC(C)=O. The van der Waals surface area contributed by atoms with E-state index in [0.29, 0.717) is 38.9 Å². The molecule has 7 heteroatoms. The van der Waals surface area contributed by atoms with Gasteiger partial charge in [-0.3, -0.25) is 9.59 Å². The number of hydrogen-bond donors (Lipinski definition) is 1. The average molecular weight is 403 g/mol. The standard InChI is InChI=1S/C21H38O7/c1-4-6-7-13-19(28-17(3)22)14-10-12-18(21(24)25)11-8-9-15-26-16-20(23)27-5-2/h18-19H,4-16H2,1-3H3,(H,24,25). The first-order valence-electron chi connectivity index (χ1n) is 10.5. The number of rotatable bonds is 18. The second-order valence-electron chi connectivity index (χ2n) is 7.05. The summed E-state index contributed by atoms with van der Waals surface area (Å²) in [6, 6.07) is 0. The highest BCUT2D eigenvalue weighted by atomic mass is 16.6. The van der Waals surface area contributed by atoms with Gasteiger partial charge in [0.25, 0.3) is 0 Å². The van der Waals surface area contributed by atoms with Gasteiger partial charge in [-0.05, 0) is 51.9 Å². The summed E-state index contributed by atoms with van der Waals surface area (Å²) in [7, 11) is 0. The van der Waals surface area contributed by atoms with Crippen molar-refractivity contribution in [3.63, 3.8) is 0 Å². The van der Waals surface area contributed by atoms with Crippen LogP contribution in [0.25, 0.3) is 0 Å². The van der Waals surface area contributed by atoms with Crippen LogP contribution in [0.3, 0.4) is 0 Å². The Morgan fingerprint density at radius 2 is 1.54 bits per heavy atom. The van der Waals surface area contributed by atoms with Gasteiger partial charge < -0.3 is 19.3 Å². The van der Waals surface area contributed by atoms with Crippen LogP contribution in [0.2, 0.25) is 0 Å². The molecular formula is C21H38O7. The molecule has 0 aromatic carbocycles. The molecule has 1 N–H and O–H groups in total. The first kappa shape index (κ1) is 26.4. The Kier molecular flexibility index (Phi) is 16.5. The van der Waals surface area contributed by atoms with Gasteiger partial charge in [0.15, 0.2) is 0 Å². The van der Waals surface area contributed by atoms with Gasteiger partial charge in [-0.25, -0.2) is 4.79 Å². The van der Waals surface area contributed by atoms with Crippen LogP contribution in [-0.4, -0.2) is 48.9 Å². The predicted octanol–water partition coefficient (Wildman–Crippen LogP) is 4.12. The molecule has 0 aromatic rings. The van der Waals surface area contributed by atoms with Crippen molar-refractivity contribution in [1.29, 1.82) is 0 Å². The Labute approximate surface area is 169 Å². The largest absolute Gasteiger partial charge is 0.481 e. The van der Waals surface area contributed by atoms with Crippen LogP contribution in [0.1, 0.15) is 85.0 Å². The number of carbonyl (C=O) groups is 3. The molecule has 2 unspecified atom stereocenters. The van der Waals surface area contributed by atoms with Crippen LogP contribution >= 0.6 is 0 Å². The summed E-state index contributed by atoms with van der Waals surface area (Å²) in [4.78, 5) is 33.8. The third-order valence-corrected chi connectivity index (χ3v) is 4.51. The zero-order valence-electron chi connectivity index (χ0n) is 17.7. The Hall–Kier alpha value is -1.63. The highest BCUT2D eigenvalue weighted by molar-refractivity contribution is 5.70. The summed E-state index contributed by atoms with van der Waals surface area (Å²) >= 11 is 0. The van der Waals surface area contributed by atoms with Crippen molar-refractivity contribution in [1.82, 2.24) is 0 Å². The Morgan fingerprint density at radius 1 is 0.893 bits per heavy atom. The third-order valence-electron chi connectivity index (χ3n) is 4.51. The Morgan fingerprint density at radius 3 is 2.14 bits per heavy atom. The van der Waals surface area contributed by atoms with Gasteiger partial charge in [-0.15, -0.1) is 0 Å². The molecule has 0 aliphatic heterocycles. The van der Waals surface area contributed by atoms with Crippen molar-refractivity contribution in [2.75, 3.05) is 19.8 Å². The zero-order chi connectivity index (χ0) is 21.2. The fourth-order valence-electron chi connectivity index (χ4n) is 3.06. The second kappa shape index (κ2) is 17.5. The van der Waals surface area contributed by atoms with Gasteiger partial charge in [0, 0.05) is 13.5 Å². The normalized spacial score (nSPS) is 13.0. The maximum Gasteiger partial charge on any atom is 0.332 e. The lowest BCUT2D eigenvalue weighted by atomic mass is 9.94. The molecule has 2 atom stereocenters. The molecule has 0 spiro atoms. The summed E-state index contributed by atoms with van der Waals surface area (Å²) in [5.74, 6) is -1.85. The van der Waals surface area contributed by atoms with E-state index in [9.17, 15) is 19.5 Å². The van der Waals surface area contributed by atoms with Crippen LogP contribution in [0.5, 0.6) is 0 Å². The summed E-state index contributed by atoms with van der Waals surface area (Å²) < 4.78 is 15.3. The summed E-state index contributed by atoms with van der Waals surface area (Å²) in [5.41, 5.74) is 0. The van der Waals surface area contributed by atoms with Crippen LogP contribution in [0, 0.1) is 5.92 Å². The number of aliphatic carboxylic acids is 1. The average Bonchev–Trinajstić information content (AvgIpc) is 2.62. The van der Waals surface area contributed by atoms with E-state index in [1.54, 1.807) is 6.92 Å². The van der Waals surface area contributed by atoms with Gasteiger partial charge in [0.1, 0.15) is 12.7 Å². The van der Waals surface area contributed by atoms with E-state index in [0.717, 1.165) is 38.5 Å². The zero-order valence-corrected chi connectivity index (χ0v) is 17.7. The molecule has 7 nitrogen and oxygen atoms in total. The molecule has 0 fully saturated rings. The topological polar surface area (TPSA) is 99.1 Å². The molecule has 0 aliphatic carbocycles. The van der Waals surface area contributed by atoms with Crippen LogP contribution in [0.15, 0.2) is 0 Å². The van der Waals surface area contributed by atoms with Crippen LogP contribution in [0.4, 0.5) is 0 Å². The maximum absolute atomic E-state index is 11.5. The lowest BCUT2D eigenvalue weighted by Gasteiger charge is -2.18.